The number of hydrogen-bond acceptors (Lipinski definition) is 20. The van der Waals surface area contributed by atoms with Crippen molar-refractivity contribution in [2.75, 3.05) is 0 Å². The SMILES string of the molecule is O=C(O)c1[nH]n(-c2ccc(S(=O)(=O)[O-])cc2)c(=O)c1N=Nc1ccc(S(=O)(=O)[O-])cc1.O=C(O)c1[nH]n(-c2ccc(S(=O)(=O)[O-])cc2)c(=O)c1N=Nc1ccc(S(=O)(=O)[O-])cc1.[Fe+2].[Fe+2].[Fe]. The molecular weight excluding hydrogens is 1080 g/mol. The maximum Gasteiger partial charge on any atom is 2.00 e. The van der Waals surface area contributed by atoms with Crippen molar-refractivity contribution in [2.45, 2.75) is 19.6 Å². The van der Waals surface area contributed by atoms with Gasteiger partial charge in [-0.25, -0.2) is 52.6 Å². The molecule has 0 radical (unpaired) electrons. The number of carbonyl (C=O) groups is 2. The first kappa shape index (κ1) is 55.4. The van der Waals surface area contributed by atoms with E-state index in [4.69, 9.17) is 0 Å². The molecular formula is C32H20Fe3N8O18S4. The Hall–Kier alpha value is -5.76. The molecule has 0 spiro atoms. The summed E-state index contributed by atoms with van der Waals surface area (Å²) in [6, 6.07) is 16.6. The Balaban J connectivity index is 0.000000427. The largest absolute Gasteiger partial charge is 2.00 e. The quantitative estimate of drug-likeness (QED) is 0.0775. The minimum absolute atomic E-state index is 0. The van der Waals surface area contributed by atoms with Gasteiger partial charge in [-0.15, -0.1) is 10.2 Å². The van der Waals surface area contributed by atoms with Crippen molar-refractivity contribution in [2.24, 2.45) is 20.5 Å². The summed E-state index contributed by atoms with van der Waals surface area (Å²) in [4.78, 5) is 46.0. The second-order valence-electron chi connectivity index (χ2n) is 11.8. The second kappa shape index (κ2) is 21.5. The maximum absolute atomic E-state index is 12.6. The number of nitrogens with zero attached hydrogens (tertiary/aromatic N) is 6. The number of aromatic carboxylic acids is 2. The van der Waals surface area contributed by atoms with E-state index >= 15 is 0 Å². The smallest absolute Gasteiger partial charge is 0.744 e. The van der Waals surface area contributed by atoms with Crippen LogP contribution in [0, 0.1) is 0 Å². The third-order valence-electron chi connectivity index (χ3n) is 7.71. The number of azo groups is 2. The van der Waals surface area contributed by atoms with Gasteiger partial charge in [0.2, 0.25) is 0 Å². The van der Waals surface area contributed by atoms with Crippen molar-refractivity contribution in [3.63, 3.8) is 0 Å². The van der Waals surface area contributed by atoms with Crippen molar-refractivity contribution in [3.05, 3.63) is 129 Å². The van der Waals surface area contributed by atoms with Crippen molar-refractivity contribution in [1.82, 2.24) is 19.6 Å². The molecule has 4 aromatic carbocycles. The van der Waals surface area contributed by atoms with Gasteiger partial charge in [-0.05, 0) is 97.1 Å². The Morgan fingerprint density at radius 1 is 0.446 bits per heavy atom. The molecule has 0 aliphatic carbocycles. The zero-order chi connectivity index (χ0) is 45.9. The van der Waals surface area contributed by atoms with E-state index in [1.807, 2.05) is 0 Å². The molecule has 0 bridgehead atoms. The van der Waals surface area contributed by atoms with Gasteiger partial charge in [0.1, 0.15) is 40.5 Å². The summed E-state index contributed by atoms with van der Waals surface area (Å²) in [5.74, 6) is -3.09. The van der Waals surface area contributed by atoms with Crippen molar-refractivity contribution < 1.29 is 123 Å². The fourth-order valence-corrected chi connectivity index (χ4v) is 6.68. The summed E-state index contributed by atoms with van der Waals surface area (Å²) in [5.41, 5.74) is -4.27. The molecule has 0 aliphatic heterocycles. The summed E-state index contributed by atoms with van der Waals surface area (Å²) in [6.45, 7) is 0. The Kier molecular flexibility index (Phi) is 18.3. The van der Waals surface area contributed by atoms with Gasteiger partial charge in [0.05, 0.1) is 42.3 Å². The molecule has 344 valence electrons. The van der Waals surface area contributed by atoms with Crippen LogP contribution >= 0.6 is 0 Å². The van der Waals surface area contributed by atoms with Crippen LogP contribution in [0.5, 0.6) is 0 Å². The van der Waals surface area contributed by atoms with E-state index in [1.54, 1.807) is 0 Å². The monoisotopic (exact) mass is 1100 g/mol. The van der Waals surface area contributed by atoms with Gasteiger partial charge in [-0.2, -0.15) is 10.2 Å². The van der Waals surface area contributed by atoms with Crippen LogP contribution in [-0.2, 0) is 91.7 Å². The predicted octanol–water partition coefficient (Wildman–Crippen LogP) is 2.17. The first-order chi connectivity index (χ1) is 28.8. The normalized spacial score (nSPS) is 11.8. The van der Waals surface area contributed by atoms with E-state index in [0.29, 0.717) is 0 Å². The minimum Gasteiger partial charge on any atom is -0.744 e. The molecule has 0 unspecified atom stereocenters. The molecule has 2 aromatic heterocycles. The molecule has 4 N–H and O–H groups in total. The number of aromatic amines is 2. The van der Waals surface area contributed by atoms with Crippen LogP contribution < -0.4 is 11.1 Å². The van der Waals surface area contributed by atoms with Gasteiger partial charge in [-0.3, -0.25) is 19.8 Å². The van der Waals surface area contributed by atoms with Crippen LogP contribution in [0.3, 0.4) is 0 Å². The van der Waals surface area contributed by atoms with E-state index < -0.39 is 106 Å². The number of carboxylic acid groups (broad SMARTS) is 2. The average molecular weight is 1100 g/mol. The standard InChI is InChI=1S/2C16H12N4O9S2.3Fe/c2*21-15-13(18-17-9-1-5-11(6-2-9)30(24,25)26)14(16(22)23)19-20(15)10-3-7-12(8-4-10)31(27,28)29;;;/h2*1-8,19H,(H,22,23)(H,24,25,26)(H,27,28,29);;;/q;;;2*+2/p-4. The fourth-order valence-electron chi connectivity index (χ4n) is 4.80. The Bertz CT molecular complexity index is 3150. The van der Waals surface area contributed by atoms with Crippen molar-refractivity contribution in [3.8, 4) is 11.4 Å². The molecule has 26 nitrogen and oxygen atoms in total. The summed E-state index contributed by atoms with van der Waals surface area (Å²) in [5, 5.41) is 37.7. The number of aromatic nitrogens is 4. The van der Waals surface area contributed by atoms with Gasteiger partial charge >= 0.3 is 46.1 Å². The molecule has 2 heterocycles. The van der Waals surface area contributed by atoms with E-state index in [2.05, 4.69) is 30.7 Å². The molecule has 6 aromatic rings. The third-order valence-corrected chi connectivity index (χ3v) is 11.1. The van der Waals surface area contributed by atoms with Crippen LogP contribution in [0.2, 0.25) is 0 Å². The van der Waals surface area contributed by atoms with Crippen LogP contribution in [0.4, 0.5) is 22.7 Å². The van der Waals surface area contributed by atoms with E-state index in [1.165, 1.54) is 0 Å². The molecule has 0 atom stereocenters. The Morgan fingerprint density at radius 3 is 0.892 bits per heavy atom. The van der Waals surface area contributed by atoms with Crippen LogP contribution in [0.25, 0.3) is 11.4 Å². The Labute approximate surface area is 395 Å². The first-order valence-electron chi connectivity index (χ1n) is 16.0. The van der Waals surface area contributed by atoms with Crippen LogP contribution in [0.1, 0.15) is 21.0 Å². The predicted molar refractivity (Wildman–Crippen MR) is 200 cm³/mol. The number of H-pyrrole nitrogens is 2. The van der Waals surface area contributed by atoms with Crippen molar-refractivity contribution >= 4 is 75.2 Å². The summed E-state index contributed by atoms with van der Waals surface area (Å²) in [6.07, 6.45) is 0. The van der Waals surface area contributed by atoms with Gasteiger partial charge in [0.15, 0.2) is 22.8 Å². The average Bonchev–Trinajstić information content (AvgIpc) is 3.71. The zero-order valence-electron chi connectivity index (χ0n) is 31.0. The number of benzene rings is 4. The zero-order valence-corrected chi connectivity index (χ0v) is 37.6. The fraction of sp³-hybridized carbons (Fsp3) is 0. The number of carboxylic acids is 2. The molecule has 65 heavy (non-hydrogen) atoms. The van der Waals surface area contributed by atoms with Gasteiger partial charge in [-0.1, -0.05) is 0 Å². The number of hydrogen-bond donors (Lipinski definition) is 4. The van der Waals surface area contributed by atoms with Gasteiger partial charge in [0, 0.05) is 17.1 Å². The minimum atomic E-state index is -4.71. The Morgan fingerprint density at radius 2 is 0.677 bits per heavy atom. The summed E-state index contributed by atoms with van der Waals surface area (Å²) in [7, 11) is -18.8. The molecule has 0 aliphatic rings. The summed E-state index contributed by atoms with van der Waals surface area (Å²) < 4.78 is 133. The van der Waals surface area contributed by atoms with E-state index in [9.17, 15) is 81.3 Å². The molecule has 0 saturated carbocycles. The van der Waals surface area contributed by atoms with Crippen LogP contribution in [0.15, 0.2) is 147 Å². The van der Waals surface area contributed by atoms with E-state index in [-0.39, 0.29) is 74.0 Å². The second-order valence-corrected chi connectivity index (χ2v) is 17.3. The molecule has 33 heteroatoms. The van der Waals surface area contributed by atoms with Gasteiger partial charge < -0.3 is 28.4 Å². The molecule has 6 rings (SSSR count). The van der Waals surface area contributed by atoms with Crippen LogP contribution in [-0.4, -0.2) is 93.6 Å². The number of rotatable bonds is 12. The maximum atomic E-state index is 12.6. The van der Waals surface area contributed by atoms with E-state index in [0.717, 1.165) is 106 Å². The summed E-state index contributed by atoms with van der Waals surface area (Å²) >= 11 is 0. The third kappa shape index (κ3) is 13.6. The number of nitrogens with one attached hydrogen (secondary N) is 2. The first-order valence-corrected chi connectivity index (χ1v) is 21.6. The van der Waals surface area contributed by atoms with Gasteiger partial charge in [0.25, 0.3) is 11.1 Å². The molecule has 0 saturated heterocycles. The molecule has 0 fully saturated rings. The topological polar surface area (TPSA) is 428 Å². The molecule has 0 amide bonds. The van der Waals surface area contributed by atoms with Crippen molar-refractivity contribution in [1.29, 1.82) is 0 Å².